The molecule has 0 aromatic heterocycles. The standard InChI is InChI=1S/C15H28O4/c1-6-7-8-9-11(2)12(14(17)18)10-13(16)19-15(3,4)5/h11-12H,6-10H2,1-5H3,(H,17,18). The Hall–Kier alpha value is -1.06. The molecule has 0 saturated carbocycles. The molecule has 2 unspecified atom stereocenters. The van der Waals surface area contributed by atoms with E-state index in [1.165, 1.54) is 0 Å². The molecule has 0 amide bonds. The quantitative estimate of drug-likeness (QED) is 0.541. The summed E-state index contributed by atoms with van der Waals surface area (Å²) < 4.78 is 5.19. The molecule has 0 aliphatic rings. The van der Waals surface area contributed by atoms with Gasteiger partial charge in [0.15, 0.2) is 0 Å². The van der Waals surface area contributed by atoms with E-state index >= 15 is 0 Å². The van der Waals surface area contributed by atoms with E-state index in [1.54, 1.807) is 20.8 Å². The summed E-state index contributed by atoms with van der Waals surface area (Å²) in [7, 11) is 0. The summed E-state index contributed by atoms with van der Waals surface area (Å²) in [6.07, 6.45) is 4.02. The molecular formula is C15H28O4. The topological polar surface area (TPSA) is 63.6 Å². The highest BCUT2D eigenvalue weighted by Crippen LogP contribution is 2.23. The lowest BCUT2D eigenvalue weighted by atomic mass is 9.87. The fourth-order valence-electron chi connectivity index (χ4n) is 2.01. The first-order valence-electron chi connectivity index (χ1n) is 7.12. The first-order chi connectivity index (χ1) is 8.67. The highest BCUT2D eigenvalue weighted by atomic mass is 16.6. The maximum Gasteiger partial charge on any atom is 0.307 e. The molecule has 0 heterocycles. The third-order valence-corrected chi connectivity index (χ3v) is 3.07. The van der Waals surface area contributed by atoms with Gasteiger partial charge < -0.3 is 9.84 Å². The molecule has 1 N–H and O–H groups in total. The number of carbonyl (C=O) groups excluding carboxylic acids is 1. The Balaban J connectivity index is 4.40. The summed E-state index contributed by atoms with van der Waals surface area (Å²) in [6.45, 7) is 9.36. The lowest BCUT2D eigenvalue weighted by molar-refractivity contribution is -0.161. The number of ether oxygens (including phenoxy) is 1. The number of carboxylic acid groups (broad SMARTS) is 1. The SMILES string of the molecule is CCCCCC(C)C(CC(=O)OC(C)(C)C)C(=O)O. The van der Waals surface area contributed by atoms with Gasteiger partial charge in [-0.15, -0.1) is 0 Å². The average Bonchev–Trinajstić information content (AvgIpc) is 2.23. The Morgan fingerprint density at radius 1 is 1.21 bits per heavy atom. The molecule has 112 valence electrons. The Labute approximate surface area is 116 Å². The Morgan fingerprint density at radius 3 is 2.21 bits per heavy atom. The molecule has 4 nitrogen and oxygen atoms in total. The molecule has 19 heavy (non-hydrogen) atoms. The number of unbranched alkanes of at least 4 members (excludes halogenated alkanes) is 2. The van der Waals surface area contributed by atoms with Crippen LogP contribution < -0.4 is 0 Å². The fraction of sp³-hybridized carbons (Fsp3) is 0.867. The zero-order chi connectivity index (χ0) is 15.1. The van der Waals surface area contributed by atoms with E-state index in [9.17, 15) is 14.7 Å². The molecule has 0 radical (unpaired) electrons. The van der Waals surface area contributed by atoms with Gasteiger partial charge >= 0.3 is 11.9 Å². The fourth-order valence-corrected chi connectivity index (χ4v) is 2.01. The Morgan fingerprint density at radius 2 is 1.79 bits per heavy atom. The number of rotatable bonds is 8. The minimum atomic E-state index is -0.908. The zero-order valence-corrected chi connectivity index (χ0v) is 12.9. The minimum absolute atomic E-state index is 0.00318. The molecule has 0 rings (SSSR count). The van der Waals surface area contributed by atoms with Gasteiger partial charge in [-0.2, -0.15) is 0 Å². The number of hydrogen-bond acceptors (Lipinski definition) is 3. The van der Waals surface area contributed by atoms with Gasteiger partial charge in [0.1, 0.15) is 5.60 Å². The summed E-state index contributed by atoms with van der Waals surface area (Å²) in [5, 5.41) is 9.24. The number of carbonyl (C=O) groups is 2. The largest absolute Gasteiger partial charge is 0.481 e. The molecule has 0 aromatic carbocycles. The van der Waals surface area contributed by atoms with Crippen molar-refractivity contribution in [2.75, 3.05) is 0 Å². The lowest BCUT2D eigenvalue weighted by Gasteiger charge is -2.23. The number of esters is 1. The number of aliphatic carboxylic acids is 1. The van der Waals surface area contributed by atoms with Crippen molar-refractivity contribution in [1.29, 1.82) is 0 Å². The van der Waals surface area contributed by atoms with Crippen LogP contribution in [0.3, 0.4) is 0 Å². The van der Waals surface area contributed by atoms with Gasteiger partial charge in [-0.25, -0.2) is 0 Å². The van der Waals surface area contributed by atoms with Crippen molar-refractivity contribution in [1.82, 2.24) is 0 Å². The molecule has 4 heteroatoms. The lowest BCUT2D eigenvalue weighted by Crippen LogP contribution is -2.30. The van der Waals surface area contributed by atoms with Crippen LogP contribution in [0.25, 0.3) is 0 Å². The van der Waals surface area contributed by atoms with Gasteiger partial charge in [0.05, 0.1) is 12.3 Å². The van der Waals surface area contributed by atoms with Crippen molar-refractivity contribution >= 4 is 11.9 Å². The van der Waals surface area contributed by atoms with Gasteiger partial charge in [0.25, 0.3) is 0 Å². The van der Waals surface area contributed by atoms with Gasteiger partial charge in [-0.05, 0) is 33.1 Å². The van der Waals surface area contributed by atoms with E-state index in [-0.39, 0.29) is 12.3 Å². The van der Waals surface area contributed by atoms with Crippen LogP contribution in [0.1, 0.15) is 66.7 Å². The Bertz CT molecular complexity index is 291. The third kappa shape index (κ3) is 8.62. The van der Waals surface area contributed by atoms with Crippen molar-refractivity contribution < 1.29 is 19.4 Å². The minimum Gasteiger partial charge on any atom is -0.481 e. The van der Waals surface area contributed by atoms with Crippen molar-refractivity contribution in [2.24, 2.45) is 11.8 Å². The van der Waals surface area contributed by atoms with Gasteiger partial charge in [0, 0.05) is 0 Å². The first kappa shape index (κ1) is 17.9. The maximum absolute atomic E-state index is 11.7. The van der Waals surface area contributed by atoms with Crippen LogP contribution in [-0.2, 0) is 14.3 Å². The average molecular weight is 272 g/mol. The molecule has 0 fully saturated rings. The predicted octanol–water partition coefficient (Wildman–Crippen LogP) is 3.64. The van der Waals surface area contributed by atoms with Gasteiger partial charge in [-0.3, -0.25) is 9.59 Å². The van der Waals surface area contributed by atoms with Crippen LogP contribution in [0, 0.1) is 11.8 Å². The molecule has 0 saturated heterocycles. The van der Waals surface area contributed by atoms with Crippen LogP contribution >= 0.6 is 0 Å². The summed E-state index contributed by atoms with van der Waals surface area (Å²) in [4.78, 5) is 23.0. The third-order valence-electron chi connectivity index (χ3n) is 3.07. The van der Waals surface area contributed by atoms with E-state index in [0.717, 1.165) is 25.7 Å². The highest BCUT2D eigenvalue weighted by Gasteiger charge is 2.29. The van der Waals surface area contributed by atoms with Crippen LogP contribution in [-0.4, -0.2) is 22.6 Å². The van der Waals surface area contributed by atoms with E-state index in [4.69, 9.17) is 4.74 Å². The number of carboxylic acids is 1. The van der Waals surface area contributed by atoms with E-state index < -0.39 is 23.5 Å². The van der Waals surface area contributed by atoms with Crippen LogP contribution in [0.4, 0.5) is 0 Å². The summed E-state index contributed by atoms with van der Waals surface area (Å²) >= 11 is 0. The second-order valence-electron chi connectivity index (χ2n) is 6.21. The summed E-state index contributed by atoms with van der Waals surface area (Å²) in [5.41, 5.74) is -0.564. The van der Waals surface area contributed by atoms with E-state index in [1.807, 2.05) is 6.92 Å². The van der Waals surface area contributed by atoms with Crippen molar-refractivity contribution in [3.8, 4) is 0 Å². The molecule has 0 aliphatic heterocycles. The smallest absolute Gasteiger partial charge is 0.307 e. The molecule has 0 aliphatic carbocycles. The second kappa shape index (κ2) is 8.18. The molecular weight excluding hydrogens is 244 g/mol. The van der Waals surface area contributed by atoms with Crippen LogP contribution in [0.2, 0.25) is 0 Å². The normalized spacial score (nSPS) is 14.8. The first-order valence-corrected chi connectivity index (χ1v) is 7.12. The Kier molecular flexibility index (Phi) is 7.72. The van der Waals surface area contributed by atoms with Gasteiger partial charge in [0.2, 0.25) is 0 Å². The monoisotopic (exact) mass is 272 g/mol. The maximum atomic E-state index is 11.7. The molecule has 0 aromatic rings. The van der Waals surface area contributed by atoms with Gasteiger partial charge in [-0.1, -0.05) is 33.1 Å². The van der Waals surface area contributed by atoms with E-state index in [2.05, 4.69) is 6.92 Å². The van der Waals surface area contributed by atoms with Crippen molar-refractivity contribution in [3.05, 3.63) is 0 Å². The number of hydrogen-bond donors (Lipinski definition) is 1. The molecule has 0 spiro atoms. The van der Waals surface area contributed by atoms with Crippen LogP contribution in [0.5, 0.6) is 0 Å². The second-order valence-corrected chi connectivity index (χ2v) is 6.21. The van der Waals surface area contributed by atoms with Crippen molar-refractivity contribution in [2.45, 2.75) is 72.3 Å². The molecule has 0 bridgehead atoms. The summed E-state index contributed by atoms with van der Waals surface area (Å²) in [5.74, 6) is -1.99. The predicted molar refractivity (Wildman–Crippen MR) is 74.9 cm³/mol. The molecule has 2 atom stereocenters. The van der Waals surface area contributed by atoms with Crippen molar-refractivity contribution in [3.63, 3.8) is 0 Å². The van der Waals surface area contributed by atoms with E-state index in [0.29, 0.717) is 0 Å². The zero-order valence-electron chi connectivity index (χ0n) is 12.9. The van der Waals surface area contributed by atoms with Crippen LogP contribution in [0.15, 0.2) is 0 Å². The summed E-state index contributed by atoms with van der Waals surface area (Å²) in [6, 6.07) is 0. The highest BCUT2D eigenvalue weighted by molar-refractivity contribution is 5.79.